The zero-order chi connectivity index (χ0) is 49.3. The summed E-state index contributed by atoms with van der Waals surface area (Å²) in [5, 5.41) is 0. The van der Waals surface area contributed by atoms with Crippen LogP contribution in [0.3, 0.4) is 0 Å². The minimum Gasteiger partial charge on any atom is -0.462 e. The molecule has 0 spiro atoms. The van der Waals surface area contributed by atoms with Gasteiger partial charge in [0.15, 0.2) is 6.10 Å². The molecule has 0 fully saturated rings. The molecular formula is C62H114O6. The zero-order valence-corrected chi connectivity index (χ0v) is 45.6. The summed E-state index contributed by atoms with van der Waals surface area (Å²) < 4.78 is 16.8. The Balaban J connectivity index is 4.08. The van der Waals surface area contributed by atoms with Crippen LogP contribution in [0.15, 0.2) is 36.5 Å². The number of esters is 3. The maximum Gasteiger partial charge on any atom is 0.306 e. The summed E-state index contributed by atoms with van der Waals surface area (Å²) in [5.74, 6) is -0.880. The Labute approximate surface area is 423 Å². The SMILES string of the molecule is CCCCC/C=C\C/C=C\C/C=C\CCCCCCCCC(=O)OC(COC(=O)CCCCCCCC)COC(=O)CCCCCCCCCCCCCCCCCCCCCCCCCCC. The molecule has 0 saturated heterocycles. The molecule has 6 heteroatoms. The molecule has 1 unspecified atom stereocenters. The number of carbonyl (C=O) groups excluding carboxylic acids is 3. The average molecular weight is 956 g/mol. The van der Waals surface area contributed by atoms with Gasteiger partial charge in [0, 0.05) is 19.3 Å². The van der Waals surface area contributed by atoms with E-state index in [1.165, 1.54) is 205 Å². The minimum absolute atomic E-state index is 0.0738. The lowest BCUT2D eigenvalue weighted by molar-refractivity contribution is -0.167. The second kappa shape index (κ2) is 57.2. The first-order chi connectivity index (χ1) is 33.5. The fourth-order valence-electron chi connectivity index (χ4n) is 8.86. The number of carbonyl (C=O) groups is 3. The zero-order valence-electron chi connectivity index (χ0n) is 45.6. The Hall–Kier alpha value is -2.37. The fourth-order valence-corrected chi connectivity index (χ4v) is 8.86. The summed E-state index contributed by atoms with van der Waals surface area (Å²) in [5.41, 5.74) is 0. The second-order valence-corrected chi connectivity index (χ2v) is 20.3. The van der Waals surface area contributed by atoms with Gasteiger partial charge in [-0.3, -0.25) is 14.4 Å². The first-order valence-corrected chi connectivity index (χ1v) is 30.0. The second-order valence-electron chi connectivity index (χ2n) is 20.3. The van der Waals surface area contributed by atoms with Crippen LogP contribution in [0.25, 0.3) is 0 Å². The highest BCUT2D eigenvalue weighted by molar-refractivity contribution is 5.71. The topological polar surface area (TPSA) is 78.9 Å². The Morgan fingerprint density at radius 2 is 0.529 bits per heavy atom. The van der Waals surface area contributed by atoms with E-state index in [1.54, 1.807) is 0 Å². The van der Waals surface area contributed by atoms with Crippen molar-refractivity contribution >= 4 is 17.9 Å². The smallest absolute Gasteiger partial charge is 0.306 e. The lowest BCUT2D eigenvalue weighted by Gasteiger charge is -2.18. The van der Waals surface area contributed by atoms with E-state index in [2.05, 4.69) is 57.2 Å². The van der Waals surface area contributed by atoms with Crippen LogP contribution >= 0.6 is 0 Å². The summed E-state index contributed by atoms with van der Waals surface area (Å²) in [6, 6.07) is 0. The summed E-state index contributed by atoms with van der Waals surface area (Å²) in [7, 11) is 0. The van der Waals surface area contributed by atoms with Crippen LogP contribution < -0.4 is 0 Å². The maximum atomic E-state index is 12.8. The summed E-state index contributed by atoms with van der Waals surface area (Å²) in [4.78, 5) is 37.9. The lowest BCUT2D eigenvalue weighted by atomic mass is 10.0. The van der Waals surface area contributed by atoms with Crippen molar-refractivity contribution in [3.63, 3.8) is 0 Å². The molecule has 0 rings (SSSR count). The first kappa shape index (κ1) is 65.6. The quantitative estimate of drug-likeness (QED) is 0.0262. The normalized spacial score (nSPS) is 12.2. The van der Waals surface area contributed by atoms with Crippen LogP contribution in [0, 0.1) is 0 Å². The summed E-state index contributed by atoms with van der Waals surface area (Å²) in [6.45, 7) is 6.59. The predicted molar refractivity (Wildman–Crippen MR) is 293 cm³/mol. The third-order valence-corrected chi connectivity index (χ3v) is 13.4. The van der Waals surface area contributed by atoms with Gasteiger partial charge in [0.2, 0.25) is 0 Å². The molecule has 0 amide bonds. The van der Waals surface area contributed by atoms with Crippen LogP contribution in [0.4, 0.5) is 0 Å². The molecule has 0 aromatic rings. The highest BCUT2D eigenvalue weighted by atomic mass is 16.6. The van der Waals surface area contributed by atoms with E-state index in [4.69, 9.17) is 14.2 Å². The van der Waals surface area contributed by atoms with Crippen LogP contribution in [0.2, 0.25) is 0 Å². The number of hydrogen-bond acceptors (Lipinski definition) is 6. The van der Waals surface area contributed by atoms with E-state index in [0.29, 0.717) is 19.3 Å². The Bertz CT molecular complexity index is 1140. The third kappa shape index (κ3) is 54.6. The standard InChI is InChI=1S/C62H114O6/c1-4-7-10-13-16-18-20-22-24-26-28-29-30-31-32-33-35-36-38-40-42-44-46-49-52-55-61(64)67-58-59(57-66-60(63)54-51-48-15-12-9-6-3)68-62(65)56-53-50-47-45-43-41-39-37-34-27-25-23-21-19-17-14-11-8-5-2/h17,19,23,25,34,37,59H,4-16,18,20-22,24,26-33,35-36,38-58H2,1-3H3/b19-17-,25-23-,37-34-. The van der Waals surface area contributed by atoms with Crippen molar-refractivity contribution < 1.29 is 28.6 Å². The largest absolute Gasteiger partial charge is 0.462 e. The van der Waals surface area contributed by atoms with Gasteiger partial charge in [-0.1, -0.05) is 282 Å². The van der Waals surface area contributed by atoms with Gasteiger partial charge in [0.25, 0.3) is 0 Å². The number of unbranched alkanes of at least 4 members (excludes halogenated alkanes) is 38. The molecule has 0 aromatic carbocycles. The summed E-state index contributed by atoms with van der Waals surface area (Å²) >= 11 is 0. The third-order valence-electron chi connectivity index (χ3n) is 13.4. The van der Waals surface area contributed by atoms with E-state index in [1.807, 2.05) is 0 Å². The molecule has 0 N–H and O–H groups in total. The highest BCUT2D eigenvalue weighted by Crippen LogP contribution is 2.17. The monoisotopic (exact) mass is 955 g/mol. The lowest BCUT2D eigenvalue weighted by Crippen LogP contribution is -2.30. The van der Waals surface area contributed by atoms with Gasteiger partial charge in [-0.2, -0.15) is 0 Å². The highest BCUT2D eigenvalue weighted by Gasteiger charge is 2.19. The van der Waals surface area contributed by atoms with Gasteiger partial charge in [0.1, 0.15) is 13.2 Å². The van der Waals surface area contributed by atoms with Crippen molar-refractivity contribution in [2.75, 3.05) is 13.2 Å². The number of hydrogen-bond donors (Lipinski definition) is 0. The van der Waals surface area contributed by atoms with E-state index in [9.17, 15) is 14.4 Å². The maximum absolute atomic E-state index is 12.8. The molecule has 1 atom stereocenters. The Kier molecular flexibility index (Phi) is 55.2. The van der Waals surface area contributed by atoms with Gasteiger partial charge >= 0.3 is 17.9 Å². The molecule has 0 aromatic heterocycles. The van der Waals surface area contributed by atoms with Gasteiger partial charge in [0.05, 0.1) is 0 Å². The molecule has 68 heavy (non-hydrogen) atoms. The van der Waals surface area contributed by atoms with Crippen LogP contribution in [-0.2, 0) is 28.6 Å². The molecule has 0 saturated carbocycles. The predicted octanol–water partition coefficient (Wildman–Crippen LogP) is 20.0. The average Bonchev–Trinajstić information content (AvgIpc) is 3.34. The van der Waals surface area contributed by atoms with E-state index in [0.717, 1.165) is 77.0 Å². The molecule has 0 radical (unpaired) electrons. The van der Waals surface area contributed by atoms with Crippen molar-refractivity contribution in [3.05, 3.63) is 36.5 Å². The molecular weight excluding hydrogens is 841 g/mol. The van der Waals surface area contributed by atoms with Gasteiger partial charge < -0.3 is 14.2 Å². The first-order valence-electron chi connectivity index (χ1n) is 30.0. The van der Waals surface area contributed by atoms with Crippen LogP contribution in [-0.4, -0.2) is 37.2 Å². The van der Waals surface area contributed by atoms with E-state index in [-0.39, 0.29) is 31.1 Å². The Morgan fingerprint density at radius 3 is 0.853 bits per heavy atom. The minimum atomic E-state index is -0.773. The number of rotatable bonds is 55. The van der Waals surface area contributed by atoms with Gasteiger partial charge in [-0.05, 0) is 57.8 Å². The molecule has 6 nitrogen and oxygen atoms in total. The summed E-state index contributed by atoms with van der Waals surface area (Å²) in [6.07, 6.45) is 69.0. The molecule has 0 aliphatic carbocycles. The van der Waals surface area contributed by atoms with Crippen molar-refractivity contribution in [1.29, 1.82) is 0 Å². The van der Waals surface area contributed by atoms with Gasteiger partial charge in [-0.25, -0.2) is 0 Å². The van der Waals surface area contributed by atoms with Crippen molar-refractivity contribution in [1.82, 2.24) is 0 Å². The van der Waals surface area contributed by atoms with Crippen LogP contribution in [0.1, 0.15) is 323 Å². The van der Waals surface area contributed by atoms with Crippen LogP contribution in [0.5, 0.6) is 0 Å². The Morgan fingerprint density at radius 1 is 0.294 bits per heavy atom. The molecule has 0 aliphatic rings. The van der Waals surface area contributed by atoms with Crippen molar-refractivity contribution in [2.24, 2.45) is 0 Å². The molecule has 0 bridgehead atoms. The van der Waals surface area contributed by atoms with Crippen molar-refractivity contribution in [2.45, 2.75) is 329 Å². The van der Waals surface area contributed by atoms with E-state index < -0.39 is 6.10 Å². The molecule has 398 valence electrons. The van der Waals surface area contributed by atoms with Gasteiger partial charge in [-0.15, -0.1) is 0 Å². The van der Waals surface area contributed by atoms with E-state index >= 15 is 0 Å². The van der Waals surface area contributed by atoms with Crippen molar-refractivity contribution in [3.8, 4) is 0 Å². The number of allylic oxidation sites excluding steroid dienone is 6. The fraction of sp³-hybridized carbons (Fsp3) is 0.855. The number of ether oxygens (including phenoxy) is 3. The molecule has 0 heterocycles. The molecule has 0 aliphatic heterocycles.